The molecule has 0 bridgehead atoms. The Bertz CT molecular complexity index is 1240. The molecule has 4 rings (SSSR count). The zero-order chi connectivity index (χ0) is 24.1. The van der Waals surface area contributed by atoms with Crippen molar-refractivity contribution in [1.82, 2.24) is 14.8 Å². The molecular weight excluding hydrogens is 478 g/mol. The first-order valence-corrected chi connectivity index (χ1v) is 12.9. The highest BCUT2D eigenvalue weighted by Gasteiger charge is 2.35. The molecular formula is C24H26ClN3O5S. The first-order chi connectivity index (χ1) is 16.3. The lowest BCUT2D eigenvalue weighted by atomic mass is 9.97. The van der Waals surface area contributed by atoms with E-state index in [-0.39, 0.29) is 35.6 Å². The molecule has 2 aromatic heterocycles. The Morgan fingerprint density at radius 1 is 1.21 bits per heavy atom. The molecule has 3 aromatic rings. The zero-order valence-corrected chi connectivity index (χ0v) is 20.3. The van der Waals surface area contributed by atoms with Gasteiger partial charge in [-0.05, 0) is 68.2 Å². The molecule has 0 aliphatic carbocycles. The minimum absolute atomic E-state index is 0.0428. The van der Waals surface area contributed by atoms with Crippen molar-refractivity contribution in [3.05, 3.63) is 70.5 Å². The number of nitrogens with one attached hydrogen (secondary N) is 1. The number of amides is 1. The van der Waals surface area contributed by atoms with Crippen molar-refractivity contribution in [1.29, 1.82) is 0 Å². The van der Waals surface area contributed by atoms with Gasteiger partial charge in [-0.2, -0.15) is 4.31 Å². The summed E-state index contributed by atoms with van der Waals surface area (Å²) in [4.78, 5) is 12.6. The minimum Gasteiger partial charge on any atom is -0.465 e. The van der Waals surface area contributed by atoms with Crippen LogP contribution < -0.4 is 5.32 Å². The van der Waals surface area contributed by atoms with Gasteiger partial charge in [0, 0.05) is 30.6 Å². The van der Waals surface area contributed by atoms with Crippen LogP contribution in [0.1, 0.15) is 35.6 Å². The molecule has 3 heterocycles. The van der Waals surface area contributed by atoms with E-state index in [9.17, 15) is 13.2 Å². The van der Waals surface area contributed by atoms with E-state index in [1.54, 1.807) is 25.1 Å². The van der Waals surface area contributed by atoms with Crippen LogP contribution in [0.2, 0.25) is 5.02 Å². The molecule has 0 radical (unpaired) electrons. The predicted molar refractivity (Wildman–Crippen MR) is 129 cm³/mol. The molecule has 10 heteroatoms. The lowest BCUT2D eigenvalue weighted by Gasteiger charge is -2.30. The van der Waals surface area contributed by atoms with Crippen molar-refractivity contribution in [3.63, 3.8) is 0 Å². The van der Waals surface area contributed by atoms with E-state index in [1.165, 1.54) is 16.6 Å². The third kappa shape index (κ3) is 5.60. The number of furan rings is 1. The Morgan fingerprint density at radius 2 is 1.94 bits per heavy atom. The third-order valence-corrected chi connectivity index (χ3v) is 8.13. The van der Waals surface area contributed by atoms with Crippen LogP contribution in [-0.4, -0.2) is 43.4 Å². The van der Waals surface area contributed by atoms with Gasteiger partial charge in [0.15, 0.2) is 10.7 Å². The maximum Gasteiger partial charge on any atom is 0.248 e. The van der Waals surface area contributed by atoms with Gasteiger partial charge in [0.05, 0.1) is 6.26 Å². The van der Waals surface area contributed by atoms with Crippen LogP contribution >= 0.6 is 11.6 Å². The largest absolute Gasteiger partial charge is 0.465 e. The molecule has 1 saturated heterocycles. The number of piperidine rings is 1. The highest BCUT2D eigenvalue weighted by Crippen LogP contribution is 2.29. The molecule has 1 aliphatic rings. The van der Waals surface area contributed by atoms with E-state index in [0.29, 0.717) is 42.3 Å². The molecule has 8 nitrogen and oxygen atoms in total. The lowest BCUT2D eigenvalue weighted by molar-refractivity contribution is -0.126. The maximum atomic E-state index is 13.3. The Labute approximate surface area is 203 Å². The SMILES string of the molecule is Cc1noc(C=Cc2ccco2)c1S(=O)(=O)N1CCC(C(=O)NCCc2ccc(Cl)cc2)CC1. The number of nitrogens with zero attached hydrogens (tertiary/aromatic N) is 2. The van der Waals surface area contributed by atoms with Crippen molar-refractivity contribution >= 4 is 39.7 Å². The van der Waals surface area contributed by atoms with E-state index in [4.69, 9.17) is 20.5 Å². The van der Waals surface area contributed by atoms with E-state index in [2.05, 4.69) is 10.5 Å². The van der Waals surface area contributed by atoms with Crippen molar-refractivity contribution in [2.24, 2.45) is 5.92 Å². The molecule has 0 spiro atoms. The maximum absolute atomic E-state index is 13.3. The molecule has 0 unspecified atom stereocenters. The van der Waals surface area contributed by atoms with Crippen molar-refractivity contribution in [3.8, 4) is 0 Å². The first kappa shape index (κ1) is 24.3. The number of carbonyl (C=O) groups is 1. The van der Waals surface area contributed by atoms with Gasteiger partial charge in [-0.15, -0.1) is 0 Å². The summed E-state index contributed by atoms with van der Waals surface area (Å²) in [6, 6.07) is 11.0. The second-order valence-electron chi connectivity index (χ2n) is 8.16. The summed E-state index contributed by atoms with van der Waals surface area (Å²) in [7, 11) is -3.82. The van der Waals surface area contributed by atoms with Gasteiger partial charge < -0.3 is 14.3 Å². The molecule has 1 fully saturated rings. The second-order valence-corrected chi connectivity index (χ2v) is 10.5. The molecule has 1 aromatic carbocycles. The van der Waals surface area contributed by atoms with Crippen LogP contribution in [0.5, 0.6) is 0 Å². The van der Waals surface area contributed by atoms with E-state index < -0.39 is 10.0 Å². The van der Waals surface area contributed by atoms with Gasteiger partial charge in [0.25, 0.3) is 0 Å². The number of aryl methyl sites for hydroxylation is 1. The summed E-state index contributed by atoms with van der Waals surface area (Å²) in [5.74, 6) is 0.448. The fraction of sp³-hybridized carbons (Fsp3) is 0.333. The van der Waals surface area contributed by atoms with Crippen LogP contribution in [0.3, 0.4) is 0 Å². The summed E-state index contributed by atoms with van der Waals surface area (Å²) in [6.45, 7) is 2.62. The van der Waals surface area contributed by atoms with Gasteiger partial charge in [-0.3, -0.25) is 4.79 Å². The topological polar surface area (TPSA) is 106 Å². The van der Waals surface area contributed by atoms with Crippen molar-refractivity contribution in [2.45, 2.75) is 31.1 Å². The van der Waals surface area contributed by atoms with Crippen LogP contribution in [0.4, 0.5) is 0 Å². The summed E-state index contributed by atoms with van der Waals surface area (Å²) in [5, 5.41) is 7.49. The normalized spacial score (nSPS) is 15.7. The van der Waals surface area contributed by atoms with Gasteiger partial charge in [-0.25, -0.2) is 8.42 Å². The summed E-state index contributed by atoms with van der Waals surface area (Å²) in [6.07, 6.45) is 6.30. The molecule has 1 N–H and O–H groups in total. The Balaban J connectivity index is 1.34. The highest BCUT2D eigenvalue weighted by molar-refractivity contribution is 7.89. The van der Waals surface area contributed by atoms with E-state index in [0.717, 1.165) is 5.56 Å². The molecule has 34 heavy (non-hydrogen) atoms. The number of aromatic nitrogens is 1. The van der Waals surface area contributed by atoms with Gasteiger partial charge in [0.2, 0.25) is 15.9 Å². The van der Waals surface area contributed by atoms with Crippen LogP contribution in [0.25, 0.3) is 12.2 Å². The summed E-state index contributed by atoms with van der Waals surface area (Å²) in [5.41, 5.74) is 1.38. The molecule has 1 aliphatic heterocycles. The summed E-state index contributed by atoms with van der Waals surface area (Å²) >= 11 is 5.90. The molecule has 180 valence electrons. The van der Waals surface area contributed by atoms with Crippen molar-refractivity contribution < 1.29 is 22.2 Å². The number of rotatable bonds is 8. The summed E-state index contributed by atoms with van der Waals surface area (Å²) < 4.78 is 38.6. The Hall–Kier alpha value is -2.88. The number of carbonyl (C=O) groups excluding carboxylic acids is 1. The van der Waals surface area contributed by atoms with Crippen LogP contribution in [-0.2, 0) is 21.2 Å². The quantitative estimate of drug-likeness (QED) is 0.494. The molecule has 0 atom stereocenters. The average Bonchev–Trinajstić information content (AvgIpc) is 3.48. The van der Waals surface area contributed by atoms with Crippen molar-refractivity contribution in [2.75, 3.05) is 19.6 Å². The second kappa shape index (κ2) is 10.6. The van der Waals surface area contributed by atoms with Gasteiger partial charge in [0.1, 0.15) is 11.5 Å². The average molecular weight is 504 g/mol. The van der Waals surface area contributed by atoms with Crippen LogP contribution in [0.15, 0.2) is 56.5 Å². The monoisotopic (exact) mass is 503 g/mol. The predicted octanol–water partition coefficient (Wildman–Crippen LogP) is 4.16. The van der Waals surface area contributed by atoms with Gasteiger partial charge >= 0.3 is 0 Å². The molecule has 0 saturated carbocycles. The van der Waals surface area contributed by atoms with E-state index in [1.807, 2.05) is 24.3 Å². The van der Waals surface area contributed by atoms with E-state index >= 15 is 0 Å². The minimum atomic E-state index is -3.82. The first-order valence-electron chi connectivity index (χ1n) is 11.0. The highest BCUT2D eigenvalue weighted by atomic mass is 35.5. The fourth-order valence-corrected chi connectivity index (χ4v) is 5.80. The number of benzene rings is 1. The smallest absolute Gasteiger partial charge is 0.248 e. The van der Waals surface area contributed by atoms with Gasteiger partial charge in [-0.1, -0.05) is 28.9 Å². The Kier molecular flexibility index (Phi) is 7.55. The molecule has 1 amide bonds. The Morgan fingerprint density at radius 3 is 2.62 bits per heavy atom. The third-order valence-electron chi connectivity index (χ3n) is 5.82. The number of hydrogen-bond donors (Lipinski definition) is 1. The number of sulfonamides is 1. The zero-order valence-electron chi connectivity index (χ0n) is 18.7. The lowest BCUT2D eigenvalue weighted by Crippen LogP contribution is -2.43. The number of halogens is 1. The standard InChI is InChI=1S/C24H26ClN3O5S/c1-17-23(22(33-27-17)9-8-21-3-2-16-32-21)34(30,31)28-14-11-19(12-15-28)24(29)26-13-10-18-4-6-20(25)7-5-18/h2-9,16,19H,10-15H2,1H3,(H,26,29). The number of hydrogen-bond acceptors (Lipinski definition) is 6. The van der Waals surface area contributed by atoms with Crippen LogP contribution in [0, 0.1) is 12.8 Å². The fourth-order valence-electron chi connectivity index (χ4n) is 3.96.